The molecule has 0 saturated heterocycles. The van der Waals surface area contributed by atoms with Crippen LogP contribution in [0.15, 0.2) is 48.5 Å². The van der Waals surface area contributed by atoms with E-state index in [-0.39, 0.29) is 17.1 Å². The molecule has 0 nitrogen and oxygen atoms in total. The molecule has 0 unspecified atom stereocenters. The summed E-state index contributed by atoms with van der Waals surface area (Å²) in [6, 6.07) is 16.5. The average molecular weight is 214 g/mol. The van der Waals surface area contributed by atoms with E-state index < -0.39 is 0 Å². The predicted molar refractivity (Wildman–Crippen MR) is 53.5 cm³/mol. The molecule has 0 N–H and O–H groups in total. The second-order valence-electron chi connectivity index (χ2n) is 2.92. The summed E-state index contributed by atoms with van der Waals surface area (Å²) < 4.78 is 0. The normalized spacial score (nSPS) is 8.15. The van der Waals surface area contributed by atoms with Crippen LogP contribution in [0.1, 0.15) is 11.1 Å². The van der Waals surface area contributed by atoms with Crippen LogP contribution in [0.25, 0.3) is 0 Å². The van der Waals surface area contributed by atoms with Gasteiger partial charge in [-0.25, -0.2) is 24.3 Å². The molecule has 0 aliphatic heterocycles. The van der Waals surface area contributed by atoms with E-state index in [2.05, 4.69) is 38.1 Å². The van der Waals surface area contributed by atoms with Crippen molar-refractivity contribution in [2.45, 2.75) is 13.8 Å². The molecule has 1 heteroatoms. The molecule has 0 atom stereocenters. The number of rotatable bonds is 0. The molecule has 13 heavy (non-hydrogen) atoms. The summed E-state index contributed by atoms with van der Waals surface area (Å²) >= 11 is 0. The van der Waals surface area contributed by atoms with Gasteiger partial charge in [0.25, 0.3) is 0 Å². The summed E-state index contributed by atoms with van der Waals surface area (Å²) in [5.41, 5.74) is 2.69. The van der Waals surface area contributed by atoms with Crippen molar-refractivity contribution in [2.24, 2.45) is 0 Å². The van der Waals surface area contributed by atoms with E-state index in [9.17, 15) is 0 Å². The monoisotopic (exact) mass is 214 g/mol. The Balaban J connectivity index is 0.000000206. The van der Waals surface area contributed by atoms with Gasteiger partial charge in [-0.15, -0.1) is 0 Å². The van der Waals surface area contributed by atoms with Crippen molar-refractivity contribution in [3.63, 3.8) is 0 Å². The van der Waals surface area contributed by atoms with Crippen molar-refractivity contribution < 1.29 is 17.1 Å². The van der Waals surface area contributed by atoms with E-state index in [1.807, 2.05) is 24.3 Å². The molecule has 0 fully saturated rings. The molecule has 0 radical (unpaired) electrons. The first-order chi connectivity index (χ1) is 5.79. The van der Waals surface area contributed by atoms with Gasteiger partial charge in [-0.1, -0.05) is 13.8 Å². The third-order valence-corrected chi connectivity index (χ3v) is 1.66. The molecule has 0 amide bonds. The van der Waals surface area contributed by atoms with Crippen molar-refractivity contribution in [1.82, 2.24) is 0 Å². The van der Waals surface area contributed by atoms with Crippen LogP contribution in [0, 0.1) is 13.8 Å². The minimum absolute atomic E-state index is 0. The van der Waals surface area contributed by atoms with Gasteiger partial charge in [0.1, 0.15) is 0 Å². The van der Waals surface area contributed by atoms with Gasteiger partial charge in [0.15, 0.2) is 0 Å². The standard InChI is InChI=1S/2C6H7.Fe/c2*1-6-4-2-3-5-6;/h2*2-5H,1H3;/q2*-1;. The van der Waals surface area contributed by atoms with Crippen LogP contribution in [0.5, 0.6) is 0 Å². The predicted octanol–water partition coefficient (Wildman–Crippen LogP) is 3.43. The first kappa shape index (κ1) is 12.2. The third-order valence-electron chi connectivity index (χ3n) is 1.66. The summed E-state index contributed by atoms with van der Waals surface area (Å²) in [7, 11) is 0. The number of hydrogen-bond acceptors (Lipinski definition) is 0. The molecule has 2 aromatic carbocycles. The van der Waals surface area contributed by atoms with Crippen molar-refractivity contribution in [2.75, 3.05) is 0 Å². The Bertz CT molecular complexity index is 245. The summed E-state index contributed by atoms with van der Waals surface area (Å²) in [6.07, 6.45) is 0. The summed E-state index contributed by atoms with van der Waals surface area (Å²) in [5, 5.41) is 0. The molecular weight excluding hydrogens is 200 g/mol. The van der Waals surface area contributed by atoms with Crippen LogP contribution in [0.2, 0.25) is 0 Å². The van der Waals surface area contributed by atoms with Gasteiger partial charge in [-0.05, 0) is 0 Å². The van der Waals surface area contributed by atoms with Gasteiger partial charge in [0.05, 0.1) is 0 Å². The van der Waals surface area contributed by atoms with Crippen LogP contribution < -0.4 is 0 Å². The summed E-state index contributed by atoms with van der Waals surface area (Å²) in [6.45, 7) is 4.17. The maximum absolute atomic E-state index is 2.08. The fourth-order valence-corrected chi connectivity index (χ4v) is 0.940. The molecule has 0 aromatic heterocycles. The number of aryl methyl sites for hydroxylation is 2. The van der Waals surface area contributed by atoms with E-state index in [1.54, 1.807) is 0 Å². The summed E-state index contributed by atoms with van der Waals surface area (Å²) in [5.74, 6) is 0. The van der Waals surface area contributed by atoms with Gasteiger partial charge in [-0.2, -0.15) is 35.4 Å². The molecule has 0 saturated carbocycles. The van der Waals surface area contributed by atoms with E-state index in [1.165, 1.54) is 11.1 Å². The van der Waals surface area contributed by atoms with E-state index >= 15 is 0 Å². The molecule has 2 aromatic rings. The Kier molecular flexibility index (Phi) is 6.30. The van der Waals surface area contributed by atoms with Crippen molar-refractivity contribution in [1.29, 1.82) is 0 Å². The van der Waals surface area contributed by atoms with E-state index in [0.717, 1.165) is 0 Å². The van der Waals surface area contributed by atoms with E-state index in [4.69, 9.17) is 0 Å². The molecule has 0 bridgehead atoms. The molecule has 72 valence electrons. The second kappa shape index (κ2) is 6.71. The molecule has 0 spiro atoms. The van der Waals surface area contributed by atoms with Crippen LogP contribution in [0.3, 0.4) is 0 Å². The smallest absolute Gasteiger partial charge is 0 e. The molecular formula is C12H14Fe-2. The SMILES string of the molecule is C[c-]1cccc1.Cc1ccc[cH-]1.[Fe]. The average Bonchev–Trinajstić information content (AvgIpc) is 2.63. The zero-order valence-electron chi connectivity index (χ0n) is 7.97. The molecule has 0 heterocycles. The zero-order chi connectivity index (χ0) is 8.81. The maximum Gasteiger partial charge on any atom is 0 e. The largest absolute Gasteiger partial charge is 0.213 e. The quantitative estimate of drug-likeness (QED) is 0.465. The van der Waals surface area contributed by atoms with Gasteiger partial charge in [0, 0.05) is 17.1 Å². The Morgan fingerprint density at radius 1 is 1.15 bits per heavy atom. The third kappa shape index (κ3) is 5.46. The van der Waals surface area contributed by atoms with Gasteiger partial charge in [0.2, 0.25) is 0 Å². The second-order valence-corrected chi connectivity index (χ2v) is 2.92. The van der Waals surface area contributed by atoms with Gasteiger partial charge >= 0.3 is 0 Å². The zero-order valence-corrected chi connectivity index (χ0v) is 9.08. The van der Waals surface area contributed by atoms with E-state index in [0.29, 0.717) is 0 Å². The Morgan fingerprint density at radius 2 is 1.77 bits per heavy atom. The van der Waals surface area contributed by atoms with Crippen LogP contribution in [0.4, 0.5) is 0 Å². The van der Waals surface area contributed by atoms with Crippen molar-refractivity contribution in [3.8, 4) is 0 Å². The topological polar surface area (TPSA) is 0 Å². The minimum atomic E-state index is 0. The fourth-order valence-electron chi connectivity index (χ4n) is 0.940. The molecule has 2 rings (SSSR count). The number of hydrogen-bond donors (Lipinski definition) is 0. The van der Waals surface area contributed by atoms with Crippen LogP contribution in [-0.4, -0.2) is 0 Å². The first-order valence-electron chi connectivity index (χ1n) is 4.15. The Hall–Kier alpha value is -0.781. The Labute approximate surface area is 90.8 Å². The van der Waals surface area contributed by atoms with Crippen molar-refractivity contribution >= 4 is 0 Å². The van der Waals surface area contributed by atoms with Gasteiger partial charge < -0.3 is 0 Å². The fraction of sp³-hybridized carbons (Fsp3) is 0.167. The van der Waals surface area contributed by atoms with Crippen molar-refractivity contribution in [3.05, 3.63) is 59.7 Å². The molecule has 0 aliphatic rings. The minimum Gasteiger partial charge on any atom is -0.213 e. The Morgan fingerprint density at radius 3 is 1.92 bits per heavy atom. The first-order valence-corrected chi connectivity index (χ1v) is 4.15. The van der Waals surface area contributed by atoms with Crippen LogP contribution >= 0.6 is 0 Å². The van der Waals surface area contributed by atoms with Gasteiger partial charge in [-0.3, -0.25) is 0 Å². The summed E-state index contributed by atoms with van der Waals surface area (Å²) in [4.78, 5) is 0. The molecule has 0 aliphatic carbocycles. The van der Waals surface area contributed by atoms with Crippen LogP contribution in [-0.2, 0) is 17.1 Å². The maximum atomic E-state index is 2.08.